The molecule has 7 heteroatoms. The summed E-state index contributed by atoms with van der Waals surface area (Å²) in [4.78, 5) is 0. The number of hydrogen-bond acceptors (Lipinski definition) is 2. The van der Waals surface area contributed by atoms with Crippen LogP contribution in [-0.4, -0.2) is 0 Å². The van der Waals surface area contributed by atoms with Gasteiger partial charge in [-0.15, -0.1) is 0 Å². The number of anilines is 2. The molecule has 0 aliphatic heterocycles. The molecule has 2 nitrogen and oxygen atoms in total. The molecular weight excluding hydrogens is 375 g/mol. The minimum atomic E-state index is -1.57. The Kier molecular flexibility index (Phi) is 3.57. The van der Waals surface area contributed by atoms with E-state index in [0.717, 1.165) is 12.1 Å². The Bertz CT molecular complexity index is 644. The monoisotopic (exact) mass is 382 g/mol. The van der Waals surface area contributed by atoms with Crippen LogP contribution in [0.5, 0.6) is 0 Å². The summed E-state index contributed by atoms with van der Waals surface area (Å²) in [5.74, 6) is -5.22. The molecule has 0 radical (unpaired) electrons. The van der Waals surface area contributed by atoms with Crippen LogP contribution >= 0.6 is 22.6 Å². The van der Waals surface area contributed by atoms with E-state index in [1.165, 1.54) is 6.07 Å². The largest absolute Gasteiger partial charge is 0.395 e. The zero-order valence-electron chi connectivity index (χ0n) is 9.28. The third-order valence-corrected chi connectivity index (χ3v) is 3.27. The highest BCUT2D eigenvalue weighted by Crippen LogP contribution is 2.36. The third-order valence-electron chi connectivity index (χ3n) is 2.60. The first kappa shape index (κ1) is 13.9. The first-order valence-corrected chi connectivity index (χ1v) is 6.09. The highest BCUT2D eigenvalue weighted by molar-refractivity contribution is 14.1. The fourth-order valence-electron chi connectivity index (χ4n) is 1.62. The van der Waals surface area contributed by atoms with Crippen molar-refractivity contribution in [1.29, 1.82) is 0 Å². The van der Waals surface area contributed by atoms with Crippen LogP contribution in [0.25, 0.3) is 11.1 Å². The van der Waals surface area contributed by atoms with Gasteiger partial charge in [0, 0.05) is 9.13 Å². The smallest absolute Gasteiger partial charge is 0.184 e. The predicted molar refractivity (Wildman–Crippen MR) is 73.3 cm³/mol. The molecule has 2 aromatic carbocycles. The summed E-state index contributed by atoms with van der Waals surface area (Å²) in [7, 11) is 0. The van der Waals surface area contributed by atoms with Crippen LogP contribution in [0.2, 0.25) is 0 Å². The van der Waals surface area contributed by atoms with Gasteiger partial charge in [-0.25, -0.2) is 17.6 Å². The summed E-state index contributed by atoms with van der Waals surface area (Å²) in [6.45, 7) is 0. The van der Waals surface area contributed by atoms with E-state index in [1.54, 1.807) is 0 Å². The van der Waals surface area contributed by atoms with Crippen LogP contribution in [0, 0.1) is 26.8 Å². The Balaban J connectivity index is 2.83. The zero-order valence-corrected chi connectivity index (χ0v) is 11.4. The van der Waals surface area contributed by atoms with Crippen LogP contribution in [-0.2, 0) is 0 Å². The van der Waals surface area contributed by atoms with Crippen LogP contribution in [0.15, 0.2) is 18.2 Å². The van der Waals surface area contributed by atoms with E-state index < -0.39 is 45.8 Å². The molecule has 0 heterocycles. The molecule has 0 atom stereocenters. The normalized spacial score (nSPS) is 10.8. The van der Waals surface area contributed by atoms with Crippen molar-refractivity contribution in [2.24, 2.45) is 0 Å². The topological polar surface area (TPSA) is 52.0 Å². The number of halogens is 5. The summed E-state index contributed by atoms with van der Waals surface area (Å²) in [6, 6.07) is 3.65. The van der Waals surface area contributed by atoms with Crippen molar-refractivity contribution >= 4 is 34.0 Å². The molecule has 0 spiro atoms. The second-order valence-electron chi connectivity index (χ2n) is 3.77. The van der Waals surface area contributed by atoms with Crippen molar-refractivity contribution in [2.75, 3.05) is 11.5 Å². The molecule has 2 aromatic rings. The molecule has 0 aliphatic carbocycles. The number of rotatable bonds is 1. The van der Waals surface area contributed by atoms with Gasteiger partial charge in [0.1, 0.15) is 5.82 Å². The van der Waals surface area contributed by atoms with E-state index in [1.807, 2.05) is 22.6 Å². The second kappa shape index (κ2) is 4.87. The average molecular weight is 382 g/mol. The molecule has 100 valence electrons. The molecule has 0 fully saturated rings. The van der Waals surface area contributed by atoms with Gasteiger partial charge in [-0.05, 0) is 34.7 Å². The van der Waals surface area contributed by atoms with E-state index in [9.17, 15) is 17.6 Å². The van der Waals surface area contributed by atoms with E-state index in [4.69, 9.17) is 11.5 Å². The minimum absolute atomic E-state index is 0.416. The summed E-state index contributed by atoms with van der Waals surface area (Å²) in [5.41, 5.74) is 7.51. The molecule has 0 amide bonds. The number of nitrogens with two attached hydrogens (primary N) is 2. The van der Waals surface area contributed by atoms with Gasteiger partial charge in [0.15, 0.2) is 17.5 Å². The summed E-state index contributed by atoms with van der Waals surface area (Å²) in [6.07, 6.45) is 0. The van der Waals surface area contributed by atoms with Crippen molar-refractivity contribution < 1.29 is 17.6 Å². The van der Waals surface area contributed by atoms with Gasteiger partial charge >= 0.3 is 0 Å². The fraction of sp³-hybridized carbons (Fsp3) is 0. The van der Waals surface area contributed by atoms with Crippen molar-refractivity contribution in [1.82, 2.24) is 0 Å². The second-order valence-corrected chi connectivity index (χ2v) is 5.01. The highest BCUT2D eigenvalue weighted by atomic mass is 127. The molecule has 2 rings (SSSR count). The van der Waals surface area contributed by atoms with E-state index in [2.05, 4.69) is 0 Å². The van der Waals surface area contributed by atoms with Crippen LogP contribution in [0.1, 0.15) is 0 Å². The van der Waals surface area contributed by atoms with Crippen molar-refractivity contribution in [3.63, 3.8) is 0 Å². The molecule has 19 heavy (non-hydrogen) atoms. The molecular formula is C12H7F4IN2. The van der Waals surface area contributed by atoms with Crippen LogP contribution in [0.3, 0.4) is 0 Å². The van der Waals surface area contributed by atoms with Crippen LogP contribution in [0.4, 0.5) is 28.9 Å². The Morgan fingerprint density at radius 2 is 1.42 bits per heavy atom. The van der Waals surface area contributed by atoms with Gasteiger partial charge in [-0.2, -0.15) is 0 Å². The summed E-state index contributed by atoms with van der Waals surface area (Å²) >= 11 is 1.83. The number of hydrogen-bond donors (Lipinski definition) is 2. The van der Waals surface area contributed by atoms with Gasteiger partial charge in [0.05, 0.1) is 16.9 Å². The highest BCUT2D eigenvalue weighted by Gasteiger charge is 2.24. The standard InChI is InChI=1S/C12H7F4IN2/c13-6-3-4(17)1-2-5(6)7-8(14)10(16)12(19)11(18)9(7)15/h1-3H,18-19H2. The Morgan fingerprint density at radius 3 is 2.00 bits per heavy atom. The molecule has 0 saturated heterocycles. The Morgan fingerprint density at radius 1 is 0.842 bits per heavy atom. The Hall–Kier alpha value is -1.51. The maximum absolute atomic E-state index is 13.9. The lowest BCUT2D eigenvalue weighted by molar-refractivity contribution is 0.502. The predicted octanol–water partition coefficient (Wildman–Crippen LogP) is 3.68. The lowest BCUT2D eigenvalue weighted by Gasteiger charge is -2.12. The summed E-state index contributed by atoms with van der Waals surface area (Å²) < 4.78 is 55.4. The first-order valence-electron chi connectivity index (χ1n) is 5.01. The lowest BCUT2D eigenvalue weighted by atomic mass is 10.0. The molecule has 0 unspecified atom stereocenters. The van der Waals surface area contributed by atoms with Gasteiger partial charge in [0.25, 0.3) is 0 Å². The minimum Gasteiger partial charge on any atom is -0.395 e. The number of nitrogen functional groups attached to an aromatic ring is 2. The van der Waals surface area contributed by atoms with Crippen molar-refractivity contribution in [3.8, 4) is 11.1 Å². The quantitative estimate of drug-likeness (QED) is 0.342. The lowest BCUT2D eigenvalue weighted by Crippen LogP contribution is -2.07. The van der Waals surface area contributed by atoms with E-state index in [-0.39, 0.29) is 0 Å². The van der Waals surface area contributed by atoms with Crippen molar-refractivity contribution in [3.05, 3.63) is 45.0 Å². The molecule has 0 aromatic heterocycles. The van der Waals surface area contributed by atoms with E-state index in [0.29, 0.717) is 3.57 Å². The SMILES string of the molecule is Nc1c(N)c(F)c(-c2ccc(I)cc2F)c(F)c1F. The zero-order chi connectivity index (χ0) is 14.3. The van der Waals surface area contributed by atoms with Gasteiger partial charge in [-0.3, -0.25) is 0 Å². The van der Waals surface area contributed by atoms with E-state index >= 15 is 0 Å². The van der Waals surface area contributed by atoms with Gasteiger partial charge < -0.3 is 11.5 Å². The first-order chi connectivity index (χ1) is 8.84. The average Bonchev–Trinajstić information content (AvgIpc) is 2.37. The van der Waals surface area contributed by atoms with Crippen LogP contribution < -0.4 is 11.5 Å². The molecule has 0 bridgehead atoms. The molecule has 0 aliphatic rings. The number of benzene rings is 2. The maximum Gasteiger partial charge on any atom is 0.184 e. The third kappa shape index (κ3) is 2.22. The Labute approximate surface area is 119 Å². The molecule has 0 saturated carbocycles. The maximum atomic E-state index is 13.9. The van der Waals surface area contributed by atoms with Gasteiger partial charge in [0.2, 0.25) is 0 Å². The fourth-order valence-corrected chi connectivity index (χ4v) is 2.08. The molecule has 4 N–H and O–H groups in total. The van der Waals surface area contributed by atoms with Crippen molar-refractivity contribution in [2.45, 2.75) is 0 Å². The summed E-state index contributed by atoms with van der Waals surface area (Å²) in [5, 5.41) is 0. The van der Waals surface area contributed by atoms with Gasteiger partial charge in [-0.1, -0.05) is 6.07 Å².